The summed E-state index contributed by atoms with van der Waals surface area (Å²) < 4.78 is 69.8. The van der Waals surface area contributed by atoms with Crippen molar-refractivity contribution in [1.82, 2.24) is 0 Å². The first-order chi connectivity index (χ1) is 39.2. The summed E-state index contributed by atoms with van der Waals surface area (Å²) in [7, 11) is 4.16. The molecule has 4 aliphatic carbocycles. The van der Waals surface area contributed by atoms with Gasteiger partial charge in [0.25, 0.3) is 0 Å². The highest BCUT2D eigenvalue weighted by Crippen LogP contribution is 2.45. The molecular weight excluding hydrogens is 1100 g/mol. The minimum absolute atomic E-state index is 0.0204. The standard InChI is InChI=1S/C54H82O28/c1-71-32-12-22(4-8-28(32)59)5-10-39(61)74-21-38-44(66)47(69)51(82-54-50(46(68)43(65)37(20-56)79-54)81-40(62)11-6-23-13-33(72-2)41(63)34(14-23)73-3)53(80-38)77-35-18-26-30(75-49(35)24-7-9-27(58)29(60)15-24)16-25(57)17-31(26)76-52-48(70)45(67)42(64)36(19-55)78-52/h5-6,10-11,13,22,24-32,34-38,42-60,63-70H,4,7-9,12,14-21H2,1-3H3/p+1. The highest BCUT2D eigenvalue weighted by molar-refractivity contribution is 5.83. The Morgan fingerprint density at radius 1 is 0.622 bits per heavy atom. The molecule has 4 heterocycles. The maximum Gasteiger partial charge on any atom is 0.331 e. The van der Waals surface area contributed by atoms with E-state index in [2.05, 4.69) is 0 Å². The molecular formula is C54H83O28+. The summed E-state index contributed by atoms with van der Waals surface area (Å²) in [5.74, 6) is -3.43. The first-order valence-corrected chi connectivity index (χ1v) is 28.0. The Balaban J connectivity index is 1.09. The van der Waals surface area contributed by atoms with Crippen molar-refractivity contribution in [2.75, 3.05) is 41.2 Å². The van der Waals surface area contributed by atoms with Gasteiger partial charge in [-0.1, -0.05) is 12.2 Å². The quantitative estimate of drug-likeness (QED) is 0.0328. The van der Waals surface area contributed by atoms with Crippen LogP contribution >= 0.6 is 0 Å². The van der Waals surface area contributed by atoms with E-state index in [1.54, 1.807) is 6.08 Å². The van der Waals surface area contributed by atoms with Crippen molar-refractivity contribution in [3.8, 4) is 0 Å². The van der Waals surface area contributed by atoms with E-state index in [0.29, 0.717) is 31.3 Å². The second-order valence-electron chi connectivity index (χ2n) is 22.6. The van der Waals surface area contributed by atoms with E-state index in [9.17, 15) is 81.1 Å². The van der Waals surface area contributed by atoms with Gasteiger partial charge in [-0.2, -0.15) is 0 Å². The van der Waals surface area contributed by atoms with E-state index in [-0.39, 0.29) is 56.0 Å². The second kappa shape index (κ2) is 28.9. The van der Waals surface area contributed by atoms with Crippen LogP contribution in [0, 0.1) is 17.8 Å². The van der Waals surface area contributed by atoms with Crippen molar-refractivity contribution in [2.45, 2.75) is 217 Å². The summed E-state index contributed by atoms with van der Waals surface area (Å²) in [5, 5.41) is 152. The van der Waals surface area contributed by atoms with Gasteiger partial charge in [0.2, 0.25) is 0 Å². The maximum atomic E-state index is 13.6. The molecule has 15 N–H and O–H groups in total. The zero-order valence-corrected chi connectivity index (χ0v) is 45.8. The Kier molecular flexibility index (Phi) is 22.8. The minimum atomic E-state index is -2.06. The number of hydrogen-bond donors (Lipinski definition) is 14. The molecule has 3 saturated carbocycles. The van der Waals surface area contributed by atoms with E-state index >= 15 is 0 Å². The molecule has 4 saturated heterocycles. The first-order valence-electron chi connectivity index (χ1n) is 28.0. The maximum absolute atomic E-state index is 13.6. The fourth-order valence-corrected chi connectivity index (χ4v) is 12.5. The van der Waals surface area contributed by atoms with Crippen LogP contribution in [0.1, 0.15) is 64.2 Å². The van der Waals surface area contributed by atoms with Gasteiger partial charge in [0, 0.05) is 51.6 Å². The van der Waals surface area contributed by atoms with Crippen LogP contribution in [-0.2, 0) is 61.7 Å². The highest BCUT2D eigenvalue weighted by Gasteiger charge is 2.58. The molecule has 28 heteroatoms. The van der Waals surface area contributed by atoms with E-state index in [4.69, 9.17) is 56.8 Å². The van der Waals surface area contributed by atoms with Gasteiger partial charge in [-0.15, -0.1) is 0 Å². The van der Waals surface area contributed by atoms with Crippen molar-refractivity contribution < 1.29 is 138 Å². The van der Waals surface area contributed by atoms with Crippen LogP contribution in [-0.4, -0.2) is 282 Å². The van der Waals surface area contributed by atoms with Gasteiger partial charge in [-0.3, -0.25) is 0 Å². The van der Waals surface area contributed by atoms with E-state index in [0.717, 1.165) is 6.08 Å². The smallest absolute Gasteiger partial charge is 0.331 e. The molecule has 0 spiro atoms. The van der Waals surface area contributed by atoms with Crippen LogP contribution < -0.4 is 0 Å². The zero-order chi connectivity index (χ0) is 59.3. The fourth-order valence-electron chi connectivity index (χ4n) is 12.5. The van der Waals surface area contributed by atoms with Crippen LogP contribution in [0.3, 0.4) is 0 Å². The molecule has 8 rings (SSSR count). The molecule has 0 bridgehead atoms. The number of carbonyl (C=O) groups excluding carboxylic acids is 2. The second-order valence-corrected chi connectivity index (χ2v) is 22.6. The number of aliphatic hydroxyl groups is 16. The van der Waals surface area contributed by atoms with Gasteiger partial charge in [0.1, 0.15) is 86.0 Å². The molecule has 28 unspecified atom stereocenters. The predicted octanol–water partition coefficient (Wildman–Crippen LogP) is -4.71. The Morgan fingerprint density at radius 2 is 1.27 bits per heavy atom. The number of allylic oxidation sites excluding steroid dienone is 3. The molecule has 82 heavy (non-hydrogen) atoms. The molecule has 7 fully saturated rings. The highest BCUT2D eigenvalue weighted by atomic mass is 16.8. The van der Waals surface area contributed by atoms with E-state index in [1.807, 2.05) is 0 Å². The normalized spacial score (nSPS) is 45.8. The van der Waals surface area contributed by atoms with Crippen LogP contribution in [0.4, 0.5) is 0 Å². The molecule has 0 aromatic carbocycles. The van der Waals surface area contributed by atoms with Gasteiger partial charge in [-0.25, -0.2) is 9.59 Å². The summed E-state index contributed by atoms with van der Waals surface area (Å²) in [5.41, 5.74) is 0.444. The Hall–Kier alpha value is -3.38. The molecule has 8 aliphatic rings. The van der Waals surface area contributed by atoms with Crippen LogP contribution in [0.25, 0.3) is 0 Å². The number of esters is 2. The number of hydrogen-bond acceptors (Lipinski definition) is 27. The lowest BCUT2D eigenvalue weighted by atomic mass is 9.72. The summed E-state index contributed by atoms with van der Waals surface area (Å²) in [6.07, 6.45) is -27.3. The minimum Gasteiger partial charge on any atom is -0.506 e. The average molecular weight is 1180 g/mol. The average Bonchev–Trinajstić information content (AvgIpc) is 3.54. The van der Waals surface area contributed by atoms with Crippen molar-refractivity contribution >= 4 is 11.9 Å². The van der Waals surface area contributed by atoms with Gasteiger partial charge in [0.05, 0.1) is 62.9 Å². The lowest BCUT2D eigenvalue weighted by Gasteiger charge is -2.51. The van der Waals surface area contributed by atoms with Gasteiger partial charge >= 0.3 is 11.9 Å². The lowest BCUT2D eigenvalue weighted by Crippen LogP contribution is -2.66. The number of ether oxygens (including phenoxy) is 12. The van der Waals surface area contributed by atoms with Crippen LogP contribution in [0.2, 0.25) is 0 Å². The molecule has 28 atom stereocenters. The first kappa shape index (κ1) is 64.6. The Morgan fingerprint density at radius 3 is 1.95 bits per heavy atom. The number of rotatable bonds is 19. The molecule has 0 aromatic rings. The van der Waals surface area contributed by atoms with Crippen LogP contribution in [0.15, 0.2) is 47.5 Å². The van der Waals surface area contributed by atoms with Crippen molar-refractivity contribution in [3.05, 3.63) is 47.5 Å². The number of aliphatic hydroxyl groups excluding tert-OH is 14. The SMILES string of the molecule is COC1=C(O)C(OC)CC(C=CC(=O)OC2C(OC3C(OC4CC5C(OC6OC(CO)C(O)C(O)C6O)CC(O)CC5[OH+]C4C4CCC(O)C(O)C4)OC(COC(=O)C=CC4CCC(O)C(OC)C4)C(O)C3O)OC(CO)C(O)C2O)=C1. The van der Waals surface area contributed by atoms with Crippen molar-refractivity contribution in [2.24, 2.45) is 17.8 Å². The lowest BCUT2D eigenvalue weighted by molar-refractivity contribution is -0.390. The molecule has 466 valence electrons. The van der Waals surface area contributed by atoms with Crippen molar-refractivity contribution in [3.63, 3.8) is 0 Å². The third kappa shape index (κ3) is 14.9. The summed E-state index contributed by atoms with van der Waals surface area (Å²) in [6.45, 7) is -2.34. The molecule has 0 aromatic heterocycles. The number of fused-ring (bicyclic) bond motifs is 1. The predicted molar refractivity (Wildman–Crippen MR) is 273 cm³/mol. The molecule has 0 radical (unpaired) electrons. The van der Waals surface area contributed by atoms with E-state index in [1.165, 1.54) is 39.6 Å². The van der Waals surface area contributed by atoms with Gasteiger partial charge < -0.3 is 128 Å². The monoisotopic (exact) mass is 1180 g/mol. The van der Waals surface area contributed by atoms with Gasteiger partial charge in [0.15, 0.2) is 48.7 Å². The van der Waals surface area contributed by atoms with Crippen LogP contribution in [0.5, 0.6) is 0 Å². The molecule has 4 aliphatic heterocycles. The van der Waals surface area contributed by atoms with E-state index < -0.39 is 197 Å². The largest absolute Gasteiger partial charge is 0.506 e. The third-order valence-corrected chi connectivity index (χ3v) is 17.2. The van der Waals surface area contributed by atoms with Gasteiger partial charge in [-0.05, 0) is 62.5 Å². The zero-order valence-electron chi connectivity index (χ0n) is 45.8. The topological polar surface area (TPSA) is 432 Å². The fraction of sp³-hybridized carbons (Fsp3) is 0.815. The number of carbonyl (C=O) groups is 2. The number of methoxy groups -OCH3 is 3. The third-order valence-electron chi connectivity index (χ3n) is 17.2. The summed E-state index contributed by atoms with van der Waals surface area (Å²) >= 11 is 0. The Bertz CT molecular complexity index is 2210. The van der Waals surface area contributed by atoms with Crippen molar-refractivity contribution in [1.29, 1.82) is 0 Å². The summed E-state index contributed by atoms with van der Waals surface area (Å²) in [6, 6.07) is 0. The molecule has 28 nitrogen and oxygen atoms in total. The summed E-state index contributed by atoms with van der Waals surface area (Å²) in [4.78, 5) is 26.9. The Labute approximate surface area is 472 Å². The molecule has 0 amide bonds.